The highest BCUT2D eigenvalue weighted by Crippen LogP contribution is 2.29. The molecular weight excluding hydrogens is 290 g/mol. The van der Waals surface area contributed by atoms with E-state index in [1.54, 1.807) is 11.3 Å². The summed E-state index contributed by atoms with van der Waals surface area (Å²) in [5.41, 5.74) is 1.14. The summed E-state index contributed by atoms with van der Waals surface area (Å²) in [4.78, 5) is 1.37. The molecule has 0 unspecified atom stereocenters. The molecule has 2 aromatic rings. The average Bonchev–Trinajstić information content (AvgIpc) is 3.12. The number of aromatic amines is 1. The maximum atomic E-state index is 5.71. The molecule has 6 heteroatoms. The van der Waals surface area contributed by atoms with E-state index in [1.807, 2.05) is 0 Å². The molecule has 0 spiro atoms. The first-order chi connectivity index (χ1) is 9.65. The quantitative estimate of drug-likeness (QED) is 0.869. The van der Waals surface area contributed by atoms with Gasteiger partial charge >= 0.3 is 0 Å². The second-order valence-corrected chi connectivity index (χ2v) is 6.82. The highest BCUT2D eigenvalue weighted by Gasteiger charge is 2.19. The van der Waals surface area contributed by atoms with Crippen LogP contribution in [0.3, 0.4) is 0 Å². The summed E-state index contributed by atoms with van der Waals surface area (Å²) in [6, 6.07) is 2.21. The Labute approximate surface area is 127 Å². The zero-order valence-corrected chi connectivity index (χ0v) is 13.4. The number of nitrogens with one attached hydrogen (secondary N) is 1. The molecule has 1 aliphatic heterocycles. The fourth-order valence-corrected chi connectivity index (χ4v) is 3.58. The molecule has 1 saturated heterocycles. The molecule has 0 bridgehead atoms. The number of H-pyrrole nitrogens is 1. The second kappa shape index (κ2) is 5.79. The van der Waals surface area contributed by atoms with Crippen LogP contribution < -0.4 is 0 Å². The van der Waals surface area contributed by atoms with Crippen LogP contribution in [0.1, 0.15) is 37.5 Å². The fourth-order valence-electron chi connectivity index (χ4n) is 2.47. The van der Waals surface area contributed by atoms with Crippen molar-refractivity contribution in [2.75, 3.05) is 6.61 Å². The third-order valence-electron chi connectivity index (χ3n) is 3.62. The summed E-state index contributed by atoms with van der Waals surface area (Å²) in [6.07, 6.45) is 2.51. The van der Waals surface area contributed by atoms with E-state index in [-0.39, 0.29) is 6.10 Å². The molecule has 108 valence electrons. The Hall–Kier alpha value is -0.980. The SMILES string of the molecule is CC(C)c1cc(-c2n[nH]c(=S)n2C[C@@H]2CCCO2)cs1. The van der Waals surface area contributed by atoms with Gasteiger partial charge in [0.05, 0.1) is 12.6 Å². The zero-order valence-electron chi connectivity index (χ0n) is 11.8. The summed E-state index contributed by atoms with van der Waals surface area (Å²) in [5, 5.41) is 9.47. The van der Waals surface area contributed by atoms with Crippen molar-refractivity contribution in [2.45, 2.75) is 45.3 Å². The zero-order chi connectivity index (χ0) is 14.1. The standard InChI is InChI=1S/C14H19N3OS2/c1-9(2)12-6-10(8-20-12)13-15-16-14(19)17(13)7-11-4-3-5-18-11/h6,8-9,11H,3-5,7H2,1-2H3,(H,16,19)/t11-/m0/s1. The van der Waals surface area contributed by atoms with E-state index in [2.05, 4.69) is 40.1 Å². The monoisotopic (exact) mass is 309 g/mol. The molecule has 1 fully saturated rings. The topological polar surface area (TPSA) is 42.8 Å². The minimum atomic E-state index is 0.265. The van der Waals surface area contributed by atoms with Gasteiger partial charge in [-0.1, -0.05) is 13.8 Å². The highest BCUT2D eigenvalue weighted by molar-refractivity contribution is 7.71. The fraction of sp³-hybridized carbons (Fsp3) is 0.571. The maximum Gasteiger partial charge on any atom is 0.195 e. The summed E-state index contributed by atoms with van der Waals surface area (Å²) < 4.78 is 8.45. The Morgan fingerprint density at radius 2 is 2.45 bits per heavy atom. The third kappa shape index (κ3) is 2.73. The van der Waals surface area contributed by atoms with Crippen molar-refractivity contribution in [2.24, 2.45) is 0 Å². The number of thiophene rings is 1. The van der Waals surface area contributed by atoms with Crippen molar-refractivity contribution >= 4 is 23.6 Å². The van der Waals surface area contributed by atoms with Crippen LogP contribution in [0.15, 0.2) is 11.4 Å². The Bertz CT molecular complexity index is 635. The van der Waals surface area contributed by atoms with Crippen molar-refractivity contribution in [3.8, 4) is 11.4 Å². The van der Waals surface area contributed by atoms with E-state index in [9.17, 15) is 0 Å². The van der Waals surface area contributed by atoms with Gasteiger partial charge in [-0.05, 0) is 37.0 Å². The molecular formula is C14H19N3OS2. The van der Waals surface area contributed by atoms with Gasteiger partial charge in [-0.3, -0.25) is 9.67 Å². The van der Waals surface area contributed by atoms with Crippen LogP contribution in [0.5, 0.6) is 0 Å². The number of nitrogens with zero attached hydrogens (tertiary/aromatic N) is 2. The number of rotatable bonds is 4. The molecule has 0 aliphatic carbocycles. The Balaban J connectivity index is 1.90. The molecule has 2 aromatic heterocycles. The Kier molecular flexibility index (Phi) is 4.05. The lowest BCUT2D eigenvalue weighted by Crippen LogP contribution is -2.15. The van der Waals surface area contributed by atoms with Crippen molar-refractivity contribution in [3.05, 3.63) is 21.1 Å². The molecule has 3 heterocycles. The molecule has 20 heavy (non-hydrogen) atoms. The summed E-state index contributed by atoms with van der Waals surface area (Å²) in [5.74, 6) is 1.47. The molecule has 1 atom stereocenters. The van der Waals surface area contributed by atoms with Gasteiger partial charge in [0.2, 0.25) is 0 Å². The van der Waals surface area contributed by atoms with Gasteiger partial charge in [0.15, 0.2) is 10.6 Å². The number of hydrogen-bond donors (Lipinski definition) is 1. The lowest BCUT2D eigenvalue weighted by molar-refractivity contribution is 0.0970. The van der Waals surface area contributed by atoms with Crippen molar-refractivity contribution in [3.63, 3.8) is 0 Å². The molecule has 3 rings (SSSR count). The summed E-state index contributed by atoms with van der Waals surface area (Å²) in [6.45, 7) is 6.07. The minimum absolute atomic E-state index is 0.265. The van der Waals surface area contributed by atoms with Gasteiger partial charge in [0.1, 0.15) is 0 Å². The number of hydrogen-bond acceptors (Lipinski definition) is 4. The van der Waals surface area contributed by atoms with Crippen molar-refractivity contribution in [1.29, 1.82) is 0 Å². The first-order valence-corrected chi connectivity index (χ1v) is 8.29. The van der Waals surface area contributed by atoms with E-state index in [0.717, 1.165) is 37.4 Å². The largest absolute Gasteiger partial charge is 0.376 e. The van der Waals surface area contributed by atoms with Gasteiger partial charge in [0, 0.05) is 22.4 Å². The van der Waals surface area contributed by atoms with Gasteiger partial charge < -0.3 is 4.74 Å². The van der Waals surface area contributed by atoms with E-state index in [0.29, 0.717) is 10.7 Å². The molecule has 1 N–H and O–H groups in total. The third-order valence-corrected chi connectivity index (χ3v) is 5.16. The van der Waals surface area contributed by atoms with Crippen molar-refractivity contribution in [1.82, 2.24) is 14.8 Å². The normalized spacial score (nSPS) is 19.1. The van der Waals surface area contributed by atoms with Gasteiger partial charge in [-0.25, -0.2) is 0 Å². The Morgan fingerprint density at radius 1 is 1.60 bits per heavy atom. The van der Waals surface area contributed by atoms with E-state index < -0.39 is 0 Å². The smallest absolute Gasteiger partial charge is 0.195 e. The second-order valence-electron chi connectivity index (χ2n) is 5.49. The van der Waals surface area contributed by atoms with Gasteiger partial charge in [0.25, 0.3) is 0 Å². The van der Waals surface area contributed by atoms with Crippen LogP contribution in [0, 0.1) is 4.77 Å². The van der Waals surface area contributed by atoms with Crippen molar-refractivity contribution < 1.29 is 4.74 Å². The van der Waals surface area contributed by atoms with Crippen LogP contribution in [0.4, 0.5) is 0 Å². The Morgan fingerprint density at radius 3 is 3.10 bits per heavy atom. The average molecular weight is 309 g/mol. The first kappa shape index (κ1) is 14.0. The van der Waals surface area contributed by atoms with Crippen LogP contribution in [0.25, 0.3) is 11.4 Å². The highest BCUT2D eigenvalue weighted by atomic mass is 32.1. The maximum absolute atomic E-state index is 5.71. The first-order valence-electron chi connectivity index (χ1n) is 7.00. The van der Waals surface area contributed by atoms with Crippen LogP contribution >= 0.6 is 23.6 Å². The van der Waals surface area contributed by atoms with E-state index in [1.165, 1.54) is 4.88 Å². The predicted molar refractivity (Wildman–Crippen MR) is 83.8 cm³/mol. The molecule has 0 saturated carbocycles. The molecule has 0 amide bonds. The van der Waals surface area contributed by atoms with E-state index >= 15 is 0 Å². The van der Waals surface area contributed by atoms with Crippen LogP contribution in [-0.2, 0) is 11.3 Å². The molecule has 0 aromatic carbocycles. The summed E-state index contributed by atoms with van der Waals surface area (Å²) in [7, 11) is 0. The molecule has 4 nitrogen and oxygen atoms in total. The van der Waals surface area contributed by atoms with Crippen LogP contribution in [0.2, 0.25) is 0 Å². The molecule has 1 aliphatic rings. The van der Waals surface area contributed by atoms with Gasteiger partial charge in [-0.2, -0.15) is 5.10 Å². The predicted octanol–water partition coefficient (Wildman–Crippen LogP) is 3.97. The van der Waals surface area contributed by atoms with Crippen LogP contribution in [-0.4, -0.2) is 27.5 Å². The van der Waals surface area contributed by atoms with Gasteiger partial charge in [-0.15, -0.1) is 11.3 Å². The summed E-state index contributed by atoms with van der Waals surface area (Å²) >= 11 is 7.14. The molecule has 0 radical (unpaired) electrons. The number of aromatic nitrogens is 3. The lowest BCUT2D eigenvalue weighted by Gasteiger charge is -2.11. The number of ether oxygens (including phenoxy) is 1. The van der Waals surface area contributed by atoms with E-state index in [4.69, 9.17) is 17.0 Å². The lowest BCUT2D eigenvalue weighted by atomic mass is 10.1. The minimum Gasteiger partial charge on any atom is -0.376 e.